The number of ether oxygens (including phenoxy) is 2. The fourth-order valence-corrected chi connectivity index (χ4v) is 1.82. The number of aliphatic carboxylic acids is 1. The zero-order valence-electron chi connectivity index (χ0n) is 8.82. The van der Waals surface area contributed by atoms with Gasteiger partial charge in [-0.1, -0.05) is 6.08 Å². The molecule has 0 radical (unpaired) electrons. The van der Waals surface area contributed by atoms with Crippen LogP contribution in [0.3, 0.4) is 0 Å². The second-order valence-corrected chi connectivity index (χ2v) is 3.74. The van der Waals surface area contributed by atoms with Crippen molar-refractivity contribution >= 4 is 28.0 Å². The van der Waals surface area contributed by atoms with E-state index >= 15 is 0 Å². The molecule has 0 N–H and O–H groups in total. The normalized spacial score (nSPS) is 10.4. The smallest absolute Gasteiger partial charge is 0.174 e. The Kier molecular flexibility index (Phi) is 4.37. The van der Waals surface area contributed by atoms with Gasteiger partial charge >= 0.3 is 0 Å². The summed E-state index contributed by atoms with van der Waals surface area (Å²) in [6.07, 6.45) is 2.37. The van der Waals surface area contributed by atoms with E-state index in [1.54, 1.807) is 12.1 Å². The summed E-state index contributed by atoms with van der Waals surface area (Å²) in [5, 5.41) is 10.3. The van der Waals surface area contributed by atoms with Crippen molar-refractivity contribution in [2.45, 2.75) is 0 Å². The molecule has 0 bridgehead atoms. The van der Waals surface area contributed by atoms with Crippen molar-refractivity contribution in [1.82, 2.24) is 0 Å². The van der Waals surface area contributed by atoms with Crippen molar-refractivity contribution in [3.05, 3.63) is 28.2 Å². The summed E-state index contributed by atoms with van der Waals surface area (Å²) in [5.41, 5.74) is 0.675. The van der Waals surface area contributed by atoms with Crippen molar-refractivity contribution in [3.63, 3.8) is 0 Å². The lowest BCUT2D eigenvalue weighted by Crippen LogP contribution is -2.18. The summed E-state index contributed by atoms with van der Waals surface area (Å²) in [6, 6.07) is 3.39. The maximum absolute atomic E-state index is 10.3. The number of rotatable bonds is 4. The highest BCUT2D eigenvalue weighted by Gasteiger charge is 2.08. The first-order valence-electron chi connectivity index (χ1n) is 4.39. The molecule has 0 aromatic heterocycles. The Morgan fingerprint density at radius 1 is 1.38 bits per heavy atom. The first-order valence-corrected chi connectivity index (χ1v) is 5.18. The van der Waals surface area contributed by atoms with Crippen LogP contribution >= 0.6 is 15.9 Å². The molecule has 1 rings (SSSR count). The second-order valence-electron chi connectivity index (χ2n) is 2.89. The molecule has 0 fully saturated rings. The van der Waals surface area contributed by atoms with E-state index in [0.29, 0.717) is 21.5 Å². The third-order valence-electron chi connectivity index (χ3n) is 1.87. The minimum absolute atomic E-state index is 0.523. The van der Waals surface area contributed by atoms with Crippen molar-refractivity contribution in [2.75, 3.05) is 14.2 Å². The van der Waals surface area contributed by atoms with E-state index in [1.807, 2.05) is 0 Å². The highest BCUT2D eigenvalue weighted by Crippen LogP contribution is 2.36. The number of carbonyl (C=O) groups is 1. The van der Waals surface area contributed by atoms with E-state index in [1.165, 1.54) is 20.3 Å². The third-order valence-corrected chi connectivity index (χ3v) is 2.46. The molecule has 0 amide bonds. The van der Waals surface area contributed by atoms with Gasteiger partial charge in [0.05, 0.1) is 24.7 Å². The lowest BCUT2D eigenvalue weighted by molar-refractivity contribution is -0.297. The quantitative estimate of drug-likeness (QED) is 0.781. The van der Waals surface area contributed by atoms with Crippen LogP contribution in [0.15, 0.2) is 22.7 Å². The maximum atomic E-state index is 10.3. The number of hydrogen-bond acceptors (Lipinski definition) is 4. The molecule has 0 heterocycles. The molecular weight excluding hydrogens is 276 g/mol. The Morgan fingerprint density at radius 3 is 2.56 bits per heavy atom. The number of hydrogen-bond donors (Lipinski definition) is 0. The summed E-state index contributed by atoms with van der Waals surface area (Å²) in [4.78, 5) is 10.3. The van der Waals surface area contributed by atoms with E-state index in [-0.39, 0.29) is 0 Å². The lowest BCUT2D eigenvalue weighted by atomic mass is 10.2. The van der Waals surface area contributed by atoms with E-state index in [4.69, 9.17) is 9.47 Å². The molecule has 0 aliphatic rings. The van der Waals surface area contributed by atoms with Gasteiger partial charge in [0.25, 0.3) is 0 Å². The molecule has 1 aromatic carbocycles. The van der Waals surface area contributed by atoms with Gasteiger partial charge in [0.15, 0.2) is 11.5 Å². The first kappa shape index (κ1) is 12.6. The number of benzene rings is 1. The van der Waals surface area contributed by atoms with Gasteiger partial charge < -0.3 is 19.4 Å². The molecule has 0 unspecified atom stereocenters. The van der Waals surface area contributed by atoms with E-state index in [2.05, 4.69) is 15.9 Å². The van der Waals surface area contributed by atoms with E-state index in [0.717, 1.165) is 6.08 Å². The SMILES string of the molecule is COc1cc(C=CC(=O)[O-])cc(Br)c1OC. The van der Waals surface area contributed by atoms with Crippen LogP contribution in [-0.2, 0) is 4.79 Å². The van der Waals surface area contributed by atoms with Gasteiger partial charge in [-0.3, -0.25) is 0 Å². The van der Waals surface area contributed by atoms with Crippen molar-refractivity contribution in [3.8, 4) is 11.5 Å². The van der Waals surface area contributed by atoms with Crippen molar-refractivity contribution in [1.29, 1.82) is 0 Å². The Labute approximate surface area is 102 Å². The zero-order chi connectivity index (χ0) is 12.1. The van der Waals surface area contributed by atoms with Crippen molar-refractivity contribution < 1.29 is 19.4 Å². The van der Waals surface area contributed by atoms with Gasteiger partial charge in [-0.15, -0.1) is 0 Å². The average Bonchev–Trinajstić information content (AvgIpc) is 2.25. The minimum Gasteiger partial charge on any atom is -0.545 e. The van der Waals surface area contributed by atoms with Gasteiger partial charge in [0.1, 0.15) is 0 Å². The van der Waals surface area contributed by atoms with Crippen LogP contribution in [0.4, 0.5) is 0 Å². The highest BCUT2D eigenvalue weighted by atomic mass is 79.9. The van der Waals surface area contributed by atoms with Crippen LogP contribution in [0, 0.1) is 0 Å². The molecule has 0 saturated heterocycles. The van der Waals surface area contributed by atoms with Crippen LogP contribution in [0.5, 0.6) is 11.5 Å². The van der Waals surface area contributed by atoms with Crippen LogP contribution in [-0.4, -0.2) is 20.2 Å². The number of carboxylic acid groups (broad SMARTS) is 1. The van der Waals surface area contributed by atoms with Gasteiger partial charge in [-0.05, 0) is 39.7 Å². The summed E-state index contributed by atoms with van der Waals surface area (Å²) < 4.78 is 10.9. The van der Waals surface area contributed by atoms with E-state index in [9.17, 15) is 9.90 Å². The summed E-state index contributed by atoms with van der Waals surface area (Å²) >= 11 is 3.30. The van der Waals surface area contributed by atoms with Crippen LogP contribution < -0.4 is 14.6 Å². The average molecular weight is 286 g/mol. The summed E-state index contributed by atoms with van der Waals surface area (Å²) in [5.74, 6) is -0.158. The molecule has 16 heavy (non-hydrogen) atoms. The van der Waals surface area contributed by atoms with Gasteiger partial charge in [-0.2, -0.15) is 0 Å². The van der Waals surface area contributed by atoms with Gasteiger partial charge in [0.2, 0.25) is 0 Å². The number of methoxy groups -OCH3 is 2. The maximum Gasteiger partial charge on any atom is 0.174 e. The van der Waals surface area contributed by atoms with Gasteiger partial charge in [-0.25, -0.2) is 0 Å². The fraction of sp³-hybridized carbons (Fsp3) is 0.182. The molecule has 5 heteroatoms. The predicted molar refractivity (Wildman–Crippen MR) is 61.3 cm³/mol. The Hall–Kier alpha value is -1.49. The monoisotopic (exact) mass is 285 g/mol. The first-order chi connectivity index (χ1) is 7.58. The van der Waals surface area contributed by atoms with Crippen LogP contribution in [0.1, 0.15) is 5.56 Å². The lowest BCUT2D eigenvalue weighted by Gasteiger charge is -2.10. The molecule has 86 valence electrons. The Bertz CT molecular complexity index is 426. The molecule has 0 saturated carbocycles. The minimum atomic E-state index is -1.24. The number of carbonyl (C=O) groups excluding carboxylic acids is 1. The second kappa shape index (κ2) is 5.55. The standard InChI is InChI=1S/C11H11BrO4/c1-15-9-6-7(3-4-10(13)14)5-8(12)11(9)16-2/h3-6H,1-2H3,(H,13,14)/p-1. The molecular formula is C11H10BrO4-. The molecule has 1 aromatic rings. The zero-order valence-corrected chi connectivity index (χ0v) is 10.4. The molecule has 4 nitrogen and oxygen atoms in total. The molecule has 0 atom stereocenters. The fourth-order valence-electron chi connectivity index (χ4n) is 1.20. The topological polar surface area (TPSA) is 58.6 Å². The molecule has 0 aliphatic carbocycles. The summed E-state index contributed by atoms with van der Waals surface area (Å²) in [7, 11) is 3.04. The number of halogens is 1. The Balaban J connectivity index is 3.15. The van der Waals surface area contributed by atoms with Crippen LogP contribution in [0.2, 0.25) is 0 Å². The molecule has 0 aliphatic heterocycles. The molecule has 0 spiro atoms. The van der Waals surface area contributed by atoms with E-state index < -0.39 is 5.97 Å². The third kappa shape index (κ3) is 3.00. The van der Waals surface area contributed by atoms with Crippen LogP contribution in [0.25, 0.3) is 6.08 Å². The number of carboxylic acids is 1. The Morgan fingerprint density at radius 2 is 2.06 bits per heavy atom. The van der Waals surface area contributed by atoms with Crippen molar-refractivity contribution in [2.24, 2.45) is 0 Å². The highest BCUT2D eigenvalue weighted by molar-refractivity contribution is 9.10. The largest absolute Gasteiger partial charge is 0.545 e. The predicted octanol–water partition coefficient (Wildman–Crippen LogP) is 1.23. The van der Waals surface area contributed by atoms with Gasteiger partial charge in [0, 0.05) is 0 Å². The summed E-state index contributed by atoms with van der Waals surface area (Å²) in [6.45, 7) is 0.